The van der Waals surface area contributed by atoms with Crippen LogP contribution in [0.2, 0.25) is 0 Å². The van der Waals surface area contributed by atoms with Crippen molar-refractivity contribution in [1.29, 1.82) is 0 Å². The SMILES string of the molecule is COc1ccc(NS(=O)(=O)C2CC2)cc1/C=C/C1CCCCC1. The van der Waals surface area contributed by atoms with Crippen LogP contribution in [-0.2, 0) is 10.0 Å². The van der Waals surface area contributed by atoms with E-state index in [0.29, 0.717) is 11.6 Å². The number of sulfonamides is 1. The first-order chi connectivity index (χ1) is 11.1. The molecule has 0 unspecified atom stereocenters. The zero-order chi connectivity index (χ0) is 16.3. The van der Waals surface area contributed by atoms with E-state index in [1.807, 2.05) is 12.1 Å². The van der Waals surface area contributed by atoms with E-state index in [-0.39, 0.29) is 5.25 Å². The molecule has 0 amide bonds. The third-order valence-corrected chi connectivity index (χ3v) is 6.52. The smallest absolute Gasteiger partial charge is 0.235 e. The summed E-state index contributed by atoms with van der Waals surface area (Å²) in [5.74, 6) is 1.40. The van der Waals surface area contributed by atoms with E-state index in [1.54, 1.807) is 13.2 Å². The topological polar surface area (TPSA) is 55.4 Å². The molecular weight excluding hydrogens is 310 g/mol. The Balaban J connectivity index is 1.77. The van der Waals surface area contributed by atoms with Gasteiger partial charge in [-0.05, 0) is 49.8 Å². The highest BCUT2D eigenvalue weighted by atomic mass is 32.2. The molecule has 3 rings (SSSR count). The minimum atomic E-state index is -3.23. The van der Waals surface area contributed by atoms with Crippen LogP contribution in [0.15, 0.2) is 24.3 Å². The van der Waals surface area contributed by atoms with Crippen LogP contribution in [-0.4, -0.2) is 20.8 Å². The highest BCUT2D eigenvalue weighted by Crippen LogP contribution is 2.32. The maximum Gasteiger partial charge on any atom is 0.235 e. The summed E-state index contributed by atoms with van der Waals surface area (Å²) in [6.45, 7) is 0. The number of anilines is 1. The van der Waals surface area contributed by atoms with Gasteiger partial charge in [0.25, 0.3) is 0 Å². The number of allylic oxidation sites excluding steroid dienone is 1. The summed E-state index contributed by atoms with van der Waals surface area (Å²) in [6, 6.07) is 5.44. The largest absolute Gasteiger partial charge is 0.496 e. The average molecular weight is 335 g/mol. The van der Waals surface area contributed by atoms with Crippen LogP contribution in [0.3, 0.4) is 0 Å². The Hall–Kier alpha value is -1.49. The number of hydrogen-bond acceptors (Lipinski definition) is 3. The van der Waals surface area contributed by atoms with Crippen LogP contribution in [0.25, 0.3) is 6.08 Å². The van der Waals surface area contributed by atoms with Crippen molar-refractivity contribution in [3.8, 4) is 5.75 Å². The Morgan fingerprint density at radius 3 is 2.52 bits per heavy atom. The minimum absolute atomic E-state index is 0.217. The van der Waals surface area contributed by atoms with E-state index in [4.69, 9.17) is 4.74 Å². The molecule has 0 aromatic heterocycles. The Morgan fingerprint density at radius 1 is 1.13 bits per heavy atom. The first-order valence-corrected chi connectivity index (χ1v) is 10.0. The van der Waals surface area contributed by atoms with Crippen LogP contribution in [0.1, 0.15) is 50.5 Å². The second kappa shape index (κ2) is 6.95. The van der Waals surface area contributed by atoms with Crippen molar-refractivity contribution < 1.29 is 13.2 Å². The fraction of sp³-hybridized carbons (Fsp3) is 0.556. The molecule has 2 saturated carbocycles. The second-order valence-corrected chi connectivity index (χ2v) is 8.52. The van der Waals surface area contributed by atoms with Gasteiger partial charge >= 0.3 is 0 Å². The van der Waals surface area contributed by atoms with Crippen LogP contribution in [0, 0.1) is 5.92 Å². The summed E-state index contributed by atoms with van der Waals surface area (Å²) in [7, 11) is -1.59. The van der Waals surface area contributed by atoms with E-state index in [0.717, 1.165) is 24.2 Å². The number of ether oxygens (including phenoxy) is 1. The summed E-state index contributed by atoms with van der Waals surface area (Å²) < 4.78 is 32.2. The lowest BCUT2D eigenvalue weighted by Gasteiger charge is -2.18. The van der Waals surface area contributed by atoms with Gasteiger partial charge in [-0.15, -0.1) is 0 Å². The van der Waals surface area contributed by atoms with Gasteiger partial charge in [0, 0.05) is 11.3 Å². The standard InChI is InChI=1S/C18H25NO3S/c1-22-18-12-9-16(19-23(20,21)17-10-11-17)13-15(18)8-7-14-5-3-2-4-6-14/h7-9,12-14,17,19H,2-6,10-11H2,1H3/b8-7+. The summed E-state index contributed by atoms with van der Waals surface area (Å²) in [5.41, 5.74) is 1.54. The number of rotatable bonds is 6. The zero-order valence-electron chi connectivity index (χ0n) is 13.6. The van der Waals surface area contributed by atoms with Gasteiger partial charge in [0.05, 0.1) is 12.4 Å². The van der Waals surface area contributed by atoms with Gasteiger partial charge in [0.1, 0.15) is 5.75 Å². The molecular formula is C18H25NO3S. The van der Waals surface area contributed by atoms with Gasteiger partial charge in [-0.25, -0.2) is 8.42 Å². The Kier molecular flexibility index (Phi) is 4.95. The molecule has 1 aromatic rings. The van der Waals surface area contributed by atoms with Gasteiger partial charge in [-0.2, -0.15) is 0 Å². The lowest BCUT2D eigenvalue weighted by atomic mass is 9.89. The molecule has 2 aliphatic rings. The van der Waals surface area contributed by atoms with Crippen molar-refractivity contribution in [2.24, 2.45) is 5.92 Å². The predicted molar refractivity (Wildman–Crippen MR) is 94.2 cm³/mol. The van der Waals surface area contributed by atoms with Gasteiger partial charge in [-0.3, -0.25) is 4.72 Å². The molecule has 0 spiro atoms. The molecule has 1 aromatic carbocycles. The lowest BCUT2D eigenvalue weighted by Crippen LogP contribution is -2.17. The van der Waals surface area contributed by atoms with Crippen molar-refractivity contribution in [2.45, 2.75) is 50.2 Å². The van der Waals surface area contributed by atoms with Crippen LogP contribution >= 0.6 is 0 Å². The maximum atomic E-state index is 12.1. The monoisotopic (exact) mass is 335 g/mol. The summed E-state index contributed by atoms with van der Waals surface area (Å²) >= 11 is 0. The second-order valence-electron chi connectivity index (χ2n) is 6.56. The van der Waals surface area contributed by atoms with E-state index >= 15 is 0 Å². The number of hydrogen-bond donors (Lipinski definition) is 1. The van der Waals surface area contributed by atoms with Crippen LogP contribution < -0.4 is 9.46 Å². The molecule has 2 aliphatic carbocycles. The molecule has 0 atom stereocenters. The molecule has 0 radical (unpaired) electrons. The van der Waals surface area contributed by atoms with Crippen molar-refractivity contribution in [2.75, 3.05) is 11.8 Å². The fourth-order valence-electron chi connectivity index (χ4n) is 3.12. The van der Waals surface area contributed by atoms with E-state index < -0.39 is 10.0 Å². The molecule has 5 heteroatoms. The third kappa shape index (κ3) is 4.28. The molecule has 2 fully saturated rings. The molecule has 0 bridgehead atoms. The zero-order valence-corrected chi connectivity index (χ0v) is 14.4. The maximum absolute atomic E-state index is 12.1. The number of nitrogens with one attached hydrogen (secondary N) is 1. The van der Waals surface area contributed by atoms with Crippen molar-refractivity contribution >= 4 is 21.8 Å². The Bertz CT molecular complexity index is 672. The van der Waals surface area contributed by atoms with Gasteiger partial charge in [0.15, 0.2) is 0 Å². The highest BCUT2D eigenvalue weighted by Gasteiger charge is 2.35. The molecule has 4 nitrogen and oxygen atoms in total. The molecule has 1 N–H and O–H groups in total. The van der Waals surface area contributed by atoms with Gasteiger partial charge < -0.3 is 4.74 Å². The van der Waals surface area contributed by atoms with E-state index in [9.17, 15) is 8.42 Å². The summed E-state index contributed by atoms with van der Waals surface area (Å²) in [4.78, 5) is 0. The first kappa shape index (κ1) is 16.4. The Labute approximate surface area is 139 Å². The average Bonchev–Trinajstić information content (AvgIpc) is 3.39. The molecule has 0 heterocycles. The summed E-state index contributed by atoms with van der Waals surface area (Å²) in [6.07, 6.45) is 12.3. The third-order valence-electron chi connectivity index (χ3n) is 4.65. The van der Waals surface area contributed by atoms with Crippen LogP contribution in [0.4, 0.5) is 5.69 Å². The summed E-state index contributed by atoms with van der Waals surface area (Å²) in [5, 5.41) is -0.217. The molecule has 0 aliphatic heterocycles. The van der Waals surface area contributed by atoms with Gasteiger partial charge in [0.2, 0.25) is 10.0 Å². The number of methoxy groups -OCH3 is 1. The molecule has 23 heavy (non-hydrogen) atoms. The van der Waals surface area contributed by atoms with Gasteiger partial charge in [-0.1, -0.05) is 31.4 Å². The molecule has 126 valence electrons. The number of benzene rings is 1. The van der Waals surface area contributed by atoms with Crippen molar-refractivity contribution in [3.63, 3.8) is 0 Å². The quantitative estimate of drug-likeness (QED) is 0.848. The first-order valence-electron chi connectivity index (χ1n) is 8.46. The fourth-order valence-corrected chi connectivity index (χ4v) is 4.50. The van der Waals surface area contributed by atoms with E-state index in [2.05, 4.69) is 16.9 Å². The predicted octanol–water partition coefficient (Wildman–Crippen LogP) is 4.19. The van der Waals surface area contributed by atoms with Crippen molar-refractivity contribution in [1.82, 2.24) is 0 Å². The lowest BCUT2D eigenvalue weighted by molar-refractivity contribution is 0.413. The minimum Gasteiger partial charge on any atom is -0.496 e. The molecule has 0 saturated heterocycles. The van der Waals surface area contributed by atoms with E-state index in [1.165, 1.54) is 32.1 Å². The van der Waals surface area contributed by atoms with Crippen LogP contribution in [0.5, 0.6) is 5.75 Å². The van der Waals surface area contributed by atoms with Crippen molar-refractivity contribution in [3.05, 3.63) is 29.8 Å². The normalized spacial score (nSPS) is 19.9. The Morgan fingerprint density at radius 2 is 1.87 bits per heavy atom. The highest BCUT2D eigenvalue weighted by molar-refractivity contribution is 7.93.